The third-order valence-corrected chi connectivity index (χ3v) is 7.04. The lowest BCUT2D eigenvalue weighted by atomic mass is 9.94. The van der Waals surface area contributed by atoms with Crippen molar-refractivity contribution in [3.05, 3.63) is 59.4 Å². The van der Waals surface area contributed by atoms with Crippen molar-refractivity contribution in [2.75, 3.05) is 38.6 Å². The first-order valence-corrected chi connectivity index (χ1v) is 12.1. The molecular weight excluding hydrogens is 430 g/mol. The van der Waals surface area contributed by atoms with Gasteiger partial charge in [-0.2, -0.15) is 0 Å². The third kappa shape index (κ3) is 4.66. The monoisotopic (exact) mass is 461 g/mol. The molecule has 2 aromatic carbocycles. The highest BCUT2D eigenvalue weighted by molar-refractivity contribution is 6.09. The minimum Gasteiger partial charge on any atom is -0.496 e. The molecule has 7 nitrogen and oxygen atoms in total. The molecule has 0 unspecified atom stereocenters. The predicted molar refractivity (Wildman–Crippen MR) is 131 cm³/mol. The zero-order valence-corrected chi connectivity index (χ0v) is 19.6. The van der Waals surface area contributed by atoms with Gasteiger partial charge in [0, 0.05) is 43.3 Å². The Hall–Kier alpha value is -3.32. The topological polar surface area (TPSA) is 71.1 Å². The van der Waals surface area contributed by atoms with E-state index in [1.807, 2.05) is 29.2 Å². The number of fused-ring (bicyclic) bond motifs is 1. The molecule has 2 aliphatic heterocycles. The van der Waals surface area contributed by atoms with Crippen LogP contribution in [-0.4, -0.2) is 60.9 Å². The summed E-state index contributed by atoms with van der Waals surface area (Å²) in [6, 6.07) is 13.3. The fourth-order valence-electron chi connectivity index (χ4n) is 5.14. The van der Waals surface area contributed by atoms with Gasteiger partial charge in [0.1, 0.15) is 5.75 Å². The van der Waals surface area contributed by atoms with Crippen LogP contribution in [0, 0.1) is 0 Å². The molecule has 1 aliphatic carbocycles. The van der Waals surface area contributed by atoms with Crippen molar-refractivity contribution in [2.24, 2.45) is 0 Å². The number of hydrogen-bond donors (Lipinski definition) is 1. The maximum Gasteiger partial charge on any atom is 0.291 e. The van der Waals surface area contributed by atoms with E-state index in [1.54, 1.807) is 31.4 Å². The van der Waals surface area contributed by atoms with Crippen molar-refractivity contribution >= 4 is 23.6 Å². The molecule has 1 saturated heterocycles. The lowest BCUT2D eigenvalue weighted by Crippen LogP contribution is -2.52. The van der Waals surface area contributed by atoms with E-state index in [2.05, 4.69) is 10.2 Å². The predicted octanol–water partition coefficient (Wildman–Crippen LogP) is 4.16. The summed E-state index contributed by atoms with van der Waals surface area (Å²) in [6.45, 7) is 3.33. The molecule has 0 atom stereocenters. The van der Waals surface area contributed by atoms with Gasteiger partial charge in [0.05, 0.1) is 12.8 Å². The van der Waals surface area contributed by atoms with E-state index in [0.717, 1.165) is 31.7 Å². The minimum atomic E-state index is -0.357. The highest BCUT2D eigenvalue weighted by Gasteiger charge is 2.29. The number of carbonyl (C=O) groups excluding carboxylic acids is 2. The van der Waals surface area contributed by atoms with E-state index in [1.165, 1.54) is 32.1 Å². The van der Waals surface area contributed by atoms with Crippen molar-refractivity contribution in [1.82, 2.24) is 9.80 Å². The van der Waals surface area contributed by atoms with Crippen molar-refractivity contribution in [3.8, 4) is 11.5 Å². The van der Waals surface area contributed by atoms with E-state index in [9.17, 15) is 9.59 Å². The quantitative estimate of drug-likeness (QED) is 0.693. The first-order chi connectivity index (χ1) is 16.6. The van der Waals surface area contributed by atoms with Crippen LogP contribution in [-0.2, 0) is 4.79 Å². The Morgan fingerprint density at radius 2 is 1.82 bits per heavy atom. The largest absolute Gasteiger partial charge is 0.496 e. The van der Waals surface area contributed by atoms with Crippen LogP contribution in [0.4, 0.5) is 5.69 Å². The van der Waals surface area contributed by atoms with Gasteiger partial charge in [-0.05, 0) is 43.2 Å². The molecule has 5 rings (SSSR count). The van der Waals surface area contributed by atoms with Gasteiger partial charge in [0.2, 0.25) is 0 Å². The maximum absolute atomic E-state index is 13.2. The number of piperazine rings is 1. The van der Waals surface area contributed by atoms with Crippen LogP contribution in [0.5, 0.6) is 11.5 Å². The summed E-state index contributed by atoms with van der Waals surface area (Å²) in [4.78, 5) is 30.3. The fourth-order valence-corrected chi connectivity index (χ4v) is 5.14. The lowest BCUT2D eigenvalue weighted by Gasteiger charge is -2.40. The summed E-state index contributed by atoms with van der Waals surface area (Å²) in [5, 5.41) is 2.86. The number of carbonyl (C=O) groups is 2. The van der Waals surface area contributed by atoms with Crippen LogP contribution >= 0.6 is 0 Å². The summed E-state index contributed by atoms with van der Waals surface area (Å²) in [6.07, 6.45) is 8.22. The van der Waals surface area contributed by atoms with Gasteiger partial charge in [-0.15, -0.1) is 0 Å². The molecule has 2 amide bonds. The molecule has 7 heteroatoms. The Balaban J connectivity index is 1.26. The van der Waals surface area contributed by atoms with Crippen molar-refractivity contribution in [3.63, 3.8) is 0 Å². The Morgan fingerprint density at radius 1 is 1.06 bits per heavy atom. The molecule has 178 valence electrons. The molecule has 2 aromatic rings. The molecule has 0 aromatic heterocycles. The van der Waals surface area contributed by atoms with Crippen LogP contribution in [0.25, 0.3) is 6.08 Å². The number of rotatable bonds is 4. The molecule has 2 fully saturated rings. The number of anilines is 1. The molecule has 3 aliphatic rings. The van der Waals surface area contributed by atoms with Gasteiger partial charge in [0.25, 0.3) is 11.8 Å². The van der Waals surface area contributed by atoms with Crippen LogP contribution in [0.2, 0.25) is 0 Å². The summed E-state index contributed by atoms with van der Waals surface area (Å²) in [5.74, 6) is 0.982. The Labute approximate surface area is 200 Å². The summed E-state index contributed by atoms with van der Waals surface area (Å²) in [5.41, 5.74) is 1.82. The molecular formula is C27H31N3O4. The highest BCUT2D eigenvalue weighted by atomic mass is 16.5. The second-order valence-corrected chi connectivity index (χ2v) is 9.14. The van der Waals surface area contributed by atoms with E-state index in [4.69, 9.17) is 9.47 Å². The summed E-state index contributed by atoms with van der Waals surface area (Å²) < 4.78 is 11.2. The number of hydrogen-bond acceptors (Lipinski definition) is 5. The first kappa shape index (κ1) is 22.5. The van der Waals surface area contributed by atoms with Gasteiger partial charge in [-0.25, -0.2) is 0 Å². The van der Waals surface area contributed by atoms with Crippen LogP contribution in [0.15, 0.2) is 48.2 Å². The number of benzene rings is 2. The average Bonchev–Trinajstić information content (AvgIpc) is 2.89. The Kier molecular flexibility index (Phi) is 6.54. The zero-order chi connectivity index (χ0) is 23.5. The number of para-hydroxylation sites is 1. The van der Waals surface area contributed by atoms with Gasteiger partial charge in [-0.1, -0.05) is 37.5 Å². The van der Waals surface area contributed by atoms with Crippen LogP contribution in [0.1, 0.15) is 48.0 Å². The third-order valence-electron chi connectivity index (χ3n) is 7.04. The average molecular weight is 462 g/mol. The van der Waals surface area contributed by atoms with Crippen molar-refractivity contribution < 1.29 is 19.1 Å². The van der Waals surface area contributed by atoms with Gasteiger partial charge >= 0.3 is 0 Å². The number of amides is 2. The Bertz CT molecular complexity index is 1100. The second kappa shape index (κ2) is 9.89. The maximum atomic E-state index is 13.2. The van der Waals surface area contributed by atoms with E-state index < -0.39 is 0 Å². The number of nitrogens with zero attached hydrogens (tertiary/aromatic N) is 2. The molecule has 34 heavy (non-hydrogen) atoms. The number of methoxy groups -OCH3 is 1. The molecule has 1 saturated carbocycles. The molecule has 1 N–H and O–H groups in total. The Morgan fingerprint density at radius 3 is 2.59 bits per heavy atom. The summed E-state index contributed by atoms with van der Waals surface area (Å²) in [7, 11) is 1.59. The van der Waals surface area contributed by atoms with E-state index >= 15 is 0 Å². The van der Waals surface area contributed by atoms with Gasteiger partial charge in [-0.3, -0.25) is 14.5 Å². The molecule has 0 radical (unpaired) electrons. The van der Waals surface area contributed by atoms with Gasteiger partial charge in [0.15, 0.2) is 11.5 Å². The fraction of sp³-hybridized carbons (Fsp3) is 0.407. The number of nitrogens with one attached hydrogen (secondary N) is 1. The molecule has 0 bridgehead atoms. The van der Waals surface area contributed by atoms with Crippen LogP contribution in [0.3, 0.4) is 0 Å². The van der Waals surface area contributed by atoms with E-state index in [-0.39, 0.29) is 17.6 Å². The van der Waals surface area contributed by atoms with Gasteiger partial charge < -0.3 is 19.7 Å². The zero-order valence-electron chi connectivity index (χ0n) is 19.6. The first-order valence-electron chi connectivity index (χ1n) is 12.1. The smallest absolute Gasteiger partial charge is 0.291 e. The second-order valence-electron chi connectivity index (χ2n) is 9.14. The normalized spacial score (nSPS) is 20.4. The number of ether oxygens (including phenoxy) is 2. The van der Waals surface area contributed by atoms with Crippen molar-refractivity contribution in [1.29, 1.82) is 0 Å². The SMILES string of the molecule is COc1ccccc1C=C1Oc2ccc(C(=O)N3CCN(C4CCCCC4)CC3)cc2NC1=O. The minimum absolute atomic E-state index is 0.00398. The highest BCUT2D eigenvalue weighted by Crippen LogP contribution is 2.34. The van der Waals surface area contributed by atoms with E-state index in [0.29, 0.717) is 28.8 Å². The summed E-state index contributed by atoms with van der Waals surface area (Å²) >= 11 is 0. The lowest BCUT2D eigenvalue weighted by molar-refractivity contribution is -0.115. The molecule has 0 spiro atoms. The van der Waals surface area contributed by atoms with Crippen LogP contribution < -0.4 is 14.8 Å². The standard InChI is InChI=1S/C27H31N3O4/c1-33-23-10-6-5-7-19(23)18-25-26(31)28-22-17-20(11-12-24(22)34-25)27(32)30-15-13-29(14-16-30)21-8-3-2-4-9-21/h5-7,10-12,17-18,21H,2-4,8-9,13-16H2,1H3,(H,28,31). The van der Waals surface area contributed by atoms with Crippen molar-refractivity contribution in [2.45, 2.75) is 38.1 Å². The molecule has 2 heterocycles.